The monoisotopic (exact) mass is 247 g/mol. The number of rotatable bonds is 5. The molecular formula is C15H25N3. The van der Waals surface area contributed by atoms with Crippen molar-refractivity contribution in [3.63, 3.8) is 0 Å². The maximum atomic E-state index is 4.76. The SMILES string of the molecule is CCCNCc1cccc(N2CCC(C)(C)C2)n1. The molecule has 0 spiro atoms. The van der Waals surface area contributed by atoms with Gasteiger partial charge in [-0.15, -0.1) is 0 Å². The van der Waals surface area contributed by atoms with E-state index in [-0.39, 0.29) is 0 Å². The van der Waals surface area contributed by atoms with Crippen LogP contribution >= 0.6 is 0 Å². The minimum atomic E-state index is 0.429. The van der Waals surface area contributed by atoms with E-state index in [0.29, 0.717) is 5.41 Å². The quantitative estimate of drug-likeness (QED) is 0.811. The molecule has 0 bridgehead atoms. The Morgan fingerprint density at radius 1 is 1.39 bits per heavy atom. The predicted molar refractivity (Wildman–Crippen MR) is 76.8 cm³/mol. The lowest BCUT2D eigenvalue weighted by Crippen LogP contribution is -2.24. The summed E-state index contributed by atoms with van der Waals surface area (Å²) in [5.41, 5.74) is 1.57. The van der Waals surface area contributed by atoms with Crippen LogP contribution in [0.15, 0.2) is 18.2 Å². The second-order valence-corrected chi connectivity index (χ2v) is 6.00. The molecule has 18 heavy (non-hydrogen) atoms. The number of hydrogen-bond acceptors (Lipinski definition) is 3. The van der Waals surface area contributed by atoms with Gasteiger partial charge in [0.25, 0.3) is 0 Å². The molecule has 0 aromatic carbocycles. The summed E-state index contributed by atoms with van der Waals surface area (Å²) in [6.45, 7) is 11.0. The maximum Gasteiger partial charge on any atom is 0.128 e. The molecule has 1 aliphatic heterocycles. The molecule has 1 aromatic heterocycles. The van der Waals surface area contributed by atoms with Crippen molar-refractivity contribution in [2.24, 2.45) is 5.41 Å². The van der Waals surface area contributed by atoms with Crippen LogP contribution in [0.25, 0.3) is 0 Å². The molecule has 3 heteroatoms. The highest BCUT2D eigenvalue weighted by atomic mass is 15.2. The topological polar surface area (TPSA) is 28.2 Å². The zero-order valence-electron chi connectivity index (χ0n) is 11.9. The normalized spacial score (nSPS) is 18.3. The predicted octanol–water partition coefficient (Wildman–Crippen LogP) is 2.82. The van der Waals surface area contributed by atoms with Crippen LogP contribution in [0, 0.1) is 5.41 Å². The van der Waals surface area contributed by atoms with Crippen LogP contribution in [0.4, 0.5) is 5.82 Å². The van der Waals surface area contributed by atoms with Gasteiger partial charge in [0.15, 0.2) is 0 Å². The van der Waals surface area contributed by atoms with E-state index in [4.69, 9.17) is 4.98 Å². The van der Waals surface area contributed by atoms with E-state index in [9.17, 15) is 0 Å². The molecular weight excluding hydrogens is 222 g/mol. The molecule has 0 atom stereocenters. The minimum Gasteiger partial charge on any atom is -0.356 e. The Balaban J connectivity index is 1.99. The molecule has 1 fully saturated rings. The Morgan fingerprint density at radius 3 is 2.89 bits per heavy atom. The molecule has 0 amide bonds. The van der Waals surface area contributed by atoms with E-state index in [2.05, 4.69) is 49.2 Å². The van der Waals surface area contributed by atoms with Crippen molar-refractivity contribution in [2.45, 2.75) is 40.2 Å². The van der Waals surface area contributed by atoms with Crippen LogP contribution in [0.3, 0.4) is 0 Å². The molecule has 0 radical (unpaired) electrons. The largest absolute Gasteiger partial charge is 0.356 e. The fraction of sp³-hybridized carbons (Fsp3) is 0.667. The standard InChI is InChI=1S/C15H25N3/c1-4-9-16-11-13-6-5-7-14(17-13)18-10-8-15(2,3)12-18/h5-7,16H,4,8-12H2,1-3H3. The second kappa shape index (κ2) is 5.70. The number of hydrogen-bond donors (Lipinski definition) is 1. The summed E-state index contributed by atoms with van der Waals surface area (Å²) in [5, 5.41) is 3.40. The first-order valence-corrected chi connectivity index (χ1v) is 7.02. The van der Waals surface area contributed by atoms with Gasteiger partial charge >= 0.3 is 0 Å². The summed E-state index contributed by atoms with van der Waals surface area (Å²) in [5.74, 6) is 1.14. The molecule has 1 aromatic rings. The van der Waals surface area contributed by atoms with E-state index in [1.54, 1.807) is 0 Å². The molecule has 1 aliphatic rings. The van der Waals surface area contributed by atoms with Gasteiger partial charge in [0.1, 0.15) is 5.82 Å². The fourth-order valence-electron chi connectivity index (χ4n) is 2.44. The fourth-order valence-corrected chi connectivity index (χ4v) is 2.44. The van der Waals surface area contributed by atoms with E-state index >= 15 is 0 Å². The summed E-state index contributed by atoms with van der Waals surface area (Å²) in [7, 11) is 0. The van der Waals surface area contributed by atoms with Gasteiger partial charge in [-0.25, -0.2) is 4.98 Å². The third kappa shape index (κ3) is 3.45. The lowest BCUT2D eigenvalue weighted by molar-refractivity contribution is 0.418. The molecule has 100 valence electrons. The lowest BCUT2D eigenvalue weighted by Gasteiger charge is -2.21. The Labute approximate surface area is 111 Å². The summed E-state index contributed by atoms with van der Waals surface area (Å²) < 4.78 is 0. The molecule has 2 heterocycles. The first-order valence-electron chi connectivity index (χ1n) is 7.02. The molecule has 2 rings (SSSR count). The zero-order chi connectivity index (χ0) is 13.0. The Hall–Kier alpha value is -1.09. The summed E-state index contributed by atoms with van der Waals surface area (Å²) in [6, 6.07) is 6.36. The Bertz CT molecular complexity index is 387. The van der Waals surface area contributed by atoms with E-state index in [1.165, 1.54) is 12.8 Å². The highest BCUT2D eigenvalue weighted by Crippen LogP contribution is 2.31. The molecule has 3 nitrogen and oxygen atoms in total. The van der Waals surface area contributed by atoms with Crippen molar-refractivity contribution in [3.05, 3.63) is 23.9 Å². The van der Waals surface area contributed by atoms with E-state index < -0.39 is 0 Å². The number of nitrogens with zero attached hydrogens (tertiary/aromatic N) is 2. The third-order valence-corrected chi connectivity index (χ3v) is 3.53. The average Bonchev–Trinajstić information content (AvgIpc) is 2.71. The van der Waals surface area contributed by atoms with Crippen molar-refractivity contribution in [3.8, 4) is 0 Å². The van der Waals surface area contributed by atoms with Gasteiger partial charge in [0, 0.05) is 19.6 Å². The highest BCUT2D eigenvalue weighted by molar-refractivity contribution is 5.41. The van der Waals surface area contributed by atoms with Gasteiger partial charge in [-0.1, -0.05) is 26.8 Å². The van der Waals surface area contributed by atoms with Gasteiger partial charge in [-0.05, 0) is 36.9 Å². The molecule has 0 saturated carbocycles. The smallest absolute Gasteiger partial charge is 0.128 e. The van der Waals surface area contributed by atoms with Crippen LogP contribution in [-0.4, -0.2) is 24.6 Å². The molecule has 1 N–H and O–H groups in total. The van der Waals surface area contributed by atoms with Crippen molar-refractivity contribution in [1.29, 1.82) is 0 Å². The Morgan fingerprint density at radius 2 is 2.22 bits per heavy atom. The molecule has 0 aliphatic carbocycles. The summed E-state index contributed by atoms with van der Waals surface area (Å²) in [6.07, 6.45) is 2.42. The third-order valence-electron chi connectivity index (χ3n) is 3.53. The van der Waals surface area contributed by atoms with Crippen LogP contribution in [-0.2, 0) is 6.54 Å². The number of aromatic nitrogens is 1. The molecule has 1 saturated heterocycles. The average molecular weight is 247 g/mol. The Kier molecular flexibility index (Phi) is 4.23. The van der Waals surface area contributed by atoms with Gasteiger partial charge in [-0.2, -0.15) is 0 Å². The summed E-state index contributed by atoms with van der Waals surface area (Å²) in [4.78, 5) is 7.16. The van der Waals surface area contributed by atoms with Crippen LogP contribution in [0.1, 0.15) is 39.3 Å². The van der Waals surface area contributed by atoms with Crippen molar-refractivity contribution in [2.75, 3.05) is 24.5 Å². The molecule has 0 unspecified atom stereocenters. The van der Waals surface area contributed by atoms with Crippen molar-refractivity contribution < 1.29 is 0 Å². The van der Waals surface area contributed by atoms with Crippen molar-refractivity contribution >= 4 is 5.82 Å². The van der Waals surface area contributed by atoms with Gasteiger partial charge in [0.05, 0.1) is 5.69 Å². The summed E-state index contributed by atoms with van der Waals surface area (Å²) >= 11 is 0. The lowest BCUT2D eigenvalue weighted by atomic mass is 9.93. The highest BCUT2D eigenvalue weighted by Gasteiger charge is 2.29. The van der Waals surface area contributed by atoms with Crippen LogP contribution in [0.5, 0.6) is 0 Å². The van der Waals surface area contributed by atoms with Gasteiger partial charge < -0.3 is 10.2 Å². The maximum absolute atomic E-state index is 4.76. The minimum absolute atomic E-state index is 0.429. The number of anilines is 1. The van der Waals surface area contributed by atoms with Crippen LogP contribution in [0.2, 0.25) is 0 Å². The van der Waals surface area contributed by atoms with Gasteiger partial charge in [0.2, 0.25) is 0 Å². The van der Waals surface area contributed by atoms with E-state index in [0.717, 1.165) is 37.7 Å². The first-order chi connectivity index (χ1) is 8.61. The number of nitrogens with one attached hydrogen (secondary N) is 1. The van der Waals surface area contributed by atoms with Gasteiger partial charge in [-0.3, -0.25) is 0 Å². The van der Waals surface area contributed by atoms with Crippen LogP contribution < -0.4 is 10.2 Å². The second-order valence-electron chi connectivity index (χ2n) is 6.00. The first kappa shape index (κ1) is 13.3. The number of pyridine rings is 1. The zero-order valence-corrected chi connectivity index (χ0v) is 11.9. The van der Waals surface area contributed by atoms with Crippen molar-refractivity contribution in [1.82, 2.24) is 10.3 Å². The van der Waals surface area contributed by atoms with E-state index in [1.807, 2.05) is 0 Å².